The van der Waals surface area contributed by atoms with Gasteiger partial charge >= 0.3 is 0 Å². The third-order valence-electron chi connectivity index (χ3n) is 3.16. The maximum Gasteiger partial charge on any atom is 0.127 e. The summed E-state index contributed by atoms with van der Waals surface area (Å²) in [6, 6.07) is 5.13. The van der Waals surface area contributed by atoms with E-state index in [0.29, 0.717) is 16.5 Å². The fourth-order valence-corrected chi connectivity index (χ4v) is 2.54. The van der Waals surface area contributed by atoms with Gasteiger partial charge in [-0.15, -0.1) is 0 Å². The Morgan fingerprint density at radius 2 is 2.05 bits per heavy atom. The van der Waals surface area contributed by atoms with Crippen LogP contribution in [0.25, 0.3) is 17.2 Å². The Balaban J connectivity index is 2.79. The number of benzene rings is 1. The Kier molecular flexibility index (Phi) is 3.96. The molecule has 0 amide bonds. The summed E-state index contributed by atoms with van der Waals surface area (Å²) in [6.45, 7) is 5.72. The summed E-state index contributed by atoms with van der Waals surface area (Å²) in [5.74, 6) is -0.180. The Labute approximate surface area is 118 Å². The van der Waals surface area contributed by atoms with Crippen molar-refractivity contribution in [1.29, 1.82) is 0 Å². The van der Waals surface area contributed by atoms with Crippen molar-refractivity contribution in [2.75, 3.05) is 0 Å². The molecular weight excluding hydrogens is 257 g/mol. The van der Waals surface area contributed by atoms with Gasteiger partial charge in [0.05, 0.1) is 4.51 Å². The number of pyridine rings is 1. The van der Waals surface area contributed by atoms with E-state index in [9.17, 15) is 4.39 Å². The minimum atomic E-state index is -0.180. The summed E-state index contributed by atoms with van der Waals surface area (Å²) >= 11 is 5.48. The largest absolute Gasteiger partial charge is 0.356 e. The average molecular weight is 273 g/mol. The van der Waals surface area contributed by atoms with E-state index in [2.05, 4.69) is 6.58 Å². The van der Waals surface area contributed by atoms with E-state index in [-0.39, 0.29) is 5.82 Å². The smallest absolute Gasteiger partial charge is 0.127 e. The van der Waals surface area contributed by atoms with Crippen molar-refractivity contribution in [2.24, 2.45) is 7.05 Å². The molecular formula is C16H16FNS. The predicted octanol–water partition coefficient (Wildman–Crippen LogP) is 4.77. The quantitative estimate of drug-likeness (QED) is 0.729. The molecule has 0 fully saturated rings. The standard InChI is InChI=1S/C16H16FNS/c1-4-11-9-18(3)10-14(16(11)19)13-7-6-8-15(17)12(13)5-2/h4,6-10H,1,5H2,2-3H3. The molecule has 0 aliphatic heterocycles. The first-order chi connectivity index (χ1) is 9.08. The molecule has 1 heterocycles. The van der Waals surface area contributed by atoms with E-state index in [1.54, 1.807) is 12.1 Å². The van der Waals surface area contributed by atoms with E-state index >= 15 is 0 Å². The number of hydrogen-bond acceptors (Lipinski definition) is 1. The molecule has 0 aliphatic carbocycles. The van der Waals surface area contributed by atoms with Crippen LogP contribution in [-0.4, -0.2) is 4.57 Å². The van der Waals surface area contributed by atoms with E-state index in [4.69, 9.17) is 12.2 Å². The van der Waals surface area contributed by atoms with Crippen molar-refractivity contribution in [3.8, 4) is 11.1 Å². The van der Waals surface area contributed by atoms with Crippen LogP contribution in [0.4, 0.5) is 4.39 Å². The molecule has 2 rings (SSSR count). The van der Waals surface area contributed by atoms with Crippen molar-refractivity contribution in [3.63, 3.8) is 0 Å². The second-order valence-electron chi connectivity index (χ2n) is 4.45. The van der Waals surface area contributed by atoms with E-state index in [1.807, 2.05) is 37.0 Å². The molecule has 3 heteroatoms. The van der Waals surface area contributed by atoms with Crippen LogP contribution < -0.4 is 0 Å². The molecule has 2 aromatic rings. The van der Waals surface area contributed by atoms with Crippen molar-refractivity contribution in [1.82, 2.24) is 4.57 Å². The van der Waals surface area contributed by atoms with Crippen molar-refractivity contribution in [3.05, 3.63) is 58.6 Å². The first-order valence-corrected chi connectivity index (χ1v) is 6.59. The monoisotopic (exact) mass is 273 g/mol. The highest BCUT2D eigenvalue weighted by Crippen LogP contribution is 2.28. The second kappa shape index (κ2) is 5.49. The third kappa shape index (κ3) is 2.51. The highest BCUT2D eigenvalue weighted by atomic mass is 32.1. The number of nitrogens with zero attached hydrogens (tertiary/aromatic N) is 1. The zero-order chi connectivity index (χ0) is 14.0. The minimum absolute atomic E-state index is 0.180. The van der Waals surface area contributed by atoms with Crippen LogP contribution in [-0.2, 0) is 13.5 Å². The molecule has 1 nitrogen and oxygen atoms in total. The number of aryl methyl sites for hydroxylation is 1. The molecule has 19 heavy (non-hydrogen) atoms. The normalized spacial score (nSPS) is 10.5. The van der Waals surface area contributed by atoms with Gasteiger partial charge in [0.15, 0.2) is 0 Å². The Morgan fingerprint density at radius 3 is 2.68 bits per heavy atom. The molecule has 0 bridgehead atoms. The highest BCUT2D eigenvalue weighted by molar-refractivity contribution is 7.71. The van der Waals surface area contributed by atoms with Crippen LogP contribution in [0.3, 0.4) is 0 Å². The molecule has 1 aromatic heterocycles. The number of hydrogen-bond donors (Lipinski definition) is 0. The molecule has 0 spiro atoms. The maximum atomic E-state index is 13.9. The summed E-state index contributed by atoms with van der Waals surface area (Å²) < 4.78 is 16.5. The molecule has 0 atom stereocenters. The van der Waals surface area contributed by atoms with Crippen LogP contribution in [0.5, 0.6) is 0 Å². The van der Waals surface area contributed by atoms with Crippen molar-refractivity contribution >= 4 is 18.3 Å². The van der Waals surface area contributed by atoms with Gasteiger partial charge in [-0.1, -0.05) is 43.9 Å². The van der Waals surface area contributed by atoms with Crippen molar-refractivity contribution in [2.45, 2.75) is 13.3 Å². The SMILES string of the molecule is C=Cc1cn(C)cc(-c2cccc(F)c2CC)c1=S. The lowest BCUT2D eigenvalue weighted by Crippen LogP contribution is -1.98. The summed E-state index contributed by atoms with van der Waals surface area (Å²) in [7, 11) is 1.93. The summed E-state index contributed by atoms with van der Waals surface area (Å²) in [4.78, 5) is 0. The Morgan fingerprint density at radius 1 is 1.32 bits per heavy atom. The predicted molar refractivity (Wildman–Crippen MR) is 81.1 cm³/mol. The Hall–Kier alpha value is -1.74. The van der Waals surface area contributed by atoms with Crippen LogP contribution in [0.1, 0.15) is 18.1 Å². The summed E-state index contributed by atoms with van der Waals surface area (Å²) in [6.07, 6.45) is 6.22. The van der Waals surface area contributed by atoms with Gasteiger partial charge < -0.3 is 4.57 Å². The van der Waals surface area contributed by atoms with Crippen LogP contribution in [0.2, 0.25) is 0 Å². The van der Waals surface area contributed by atoms with Crippen LogP contribution in [0, 0.1) is 10.3 Å². The zero-order valence-electron chi connectivity index (χ0n) is 11.1. The molecule has 0 saturated carbocycles. The molecule has 0 saturated heterocycles. The van der Waals surface area contributed by atoms with Gasteiger partial charge in [-0.2, -0.15) is 0 Å². The molecule has 0 radical (unpaired) electrons. The molecule has 0 N–H and O–H groups in total. The van der Waals surface area contributed by atoms with Crippen LogP contribution in [0.15, 0.2) is 37.2 Å². The number of rotatable bonds is 3. The molecule has 1 aromatic carbocycles. The summed E-state index contributed by atoms with van der Waals surface area (Å²) in [5, 5.41) is 0. The average Bonchev–Trinajstić information content (AvgIpc) is 2.40. The van der Waals surface area contributed by atoms with Gasteiger partial charge in [-0.3, -0.25) is 0 Å². The van der Waals surface area contributed by atoms with Gasteiger partial charge in [0.1, 0.15) is 5.82 Å². The van der Waals surface area contributed by atoms with Gasteiger partial charge in [0, 0.05) is 30.6 Å². The lowest BCUT2D eigenvalue weighted by atomic mass is 9.98. The first-order valence-electron chi connectivity index (χ1n) is 6.19. The van der Waals surface area contributed by atoms with Gasteiger partial charge in [-0.25, -0.2) is 4.39 Å². The third-order valence-corrected chi connectivity index (χ3v) is 3.62. The first kappa shape index (κ1) is 13.7. The Bertz CT molecular complexity index is 686. The molecule has 98 valence electrons. The summed E-state index contributed by atoms with van der Waals surface area (Å²) in [5.41, 5.74) is 3.34. The number of aromatic nitrogens is 1. The lowest BCUT2D eigenvalue weighted by molar-refractivity contribution is 0.613. The highest BCUT2D eigenvalue weighted by Gasteiger charge is 2.11. The van der Waals surface area contributed by atoms with E-state index in [0.717, 1.165) is 16.7 Å². The van der Waals surface area contributed by atoms with Gasteiger partial charge in [0.25, 0.3) is 0 Å². The lowest BCUT2D eigenvalue weighted by Gasteiger charge is -2.12. The van der Waals surface area contributed by atoms with Crippen LogP contribution >= 0.6 is 12.2 Å². The van der Waals surface area contributed by atoms with Crippen molar-refractivity contribution < 1.29 is 4.39 Å². The fraction of sp³-hybridized carbons (Fsp3) is 0.188. The van der Waals surface area contributed by atoms with E-state index in [1.165, 1.54) is 6.07 Å². The topological polar surface area (TPSA) is 4.93 Å². The fourth-order valence-electron chi connectivity index (χ4n) is 2.24. The second-order valence-corrected chi connectivity index (χ2v) is 4.85. The van der Waals surface area contributed by atoms with E-state index < -0.39 is 0 Å². The molecule has 0 unspecified atom stereocenters. The molecule has 0 aliphatic rings. The number of halogens is 1. The zero-order valence-corrected chi connectivity index (χ0v) is 11.9. The van der Waals surface area contributed by atoms with Gasteiger partial charge in [0.2, 0.25) is 0 Å². The minimum Gasteiger partial charge on any atom is -0.356 e. The maximum absolute atomic E-state index is 13.9. The van der Waals surface area contributed by atoms with Gasteiger partial charge in [-0.05, 0) is 23.6 Å².